The second-order valence-corrected chi connectivity index (χ2v) is 6.34. The van der Waals surface area contributed by atoms with Crippen LogP contribution in [0.4, 0.5) is 4.39 Å². The number of nitrogens with one attached hydrogen (secondary N) is 1. The molecule has 0 aliphatic rings. The zero-order valence-electron chi connectivity index (χ0n) is 15.3. The van der Waals surface area contributed by atoms with Gasteiger partial charge < -0.3 is 10.2 Å². The van der Waals surface area contributed by atoms with Crippen molar-refractivity contribution in [1.29, 1.82) is 0 Å². The molecule has 0 fully saturated rings. The Labute approximate surface area is 154 Å². The first-order chi connectivity index (χ1) is 12.5. The van der Waals surface area contributed by atoms with Gasteiger partial charge in [0.1, 0.15) is 5.82 Å². The highest BCUT2D eigenvalue weighted by Crippen LogP contribution is 2.11. The number of rotatable bonds is 8. The molecular weight excluding hydrogens is 331 g/mol. The Morgan fingerprint density at radius 1 is 1.08 bits per heavy atom. The summed E-state index contributed by atoms with van der Waals surface area (Å²) in [7, 11) is 0. The van der Waals surface area contributed by atoms with Crippen LogP contribution in [-0.4, -0.2) is 29.8 Å². The molecule has 0 heterocycles. The third-order valence-corrected chi connectivity index (χ3v) is 4.33. The molecule has 0 atom stereocenters. The van der Waals surface area contributed by atoms with Gasteiger partial charge in [-0.05, 0) is 42.2 Å². The van der Waals surface area contributed by atoms with Gasteiger partial charge in [0, 0.05) is 33.0 Å². The van der Waals surface area contributed by atoms with E-state index in [0.717, 1.165) is 16.7 Å². The third kappa shape index (κ3) is 6.31. The van der Waals surface area contributed by atoms with Crippen molar-refractivity contribution in [1.82, 2.24) is 10.2 Å². The van der Waals surface area contributed by atoms with Gasteiger partial charge in [0.2, 0.25) is 11.8 Å². The average Bonchev–Trinajstić information content (AvgIpc) is 2.61. The van der Waals surface area contributed by atoms with Crippen molar-refractivity contribution >= 4 is 11.8 Å². The first-order valence-corrected chi connectivity index (χ1v) is 8.77. The molecule has 0 saturated carbocycles. The van der Waals surface area contributed by atoms with E-state index in [2.05, 4.69) is 5.32 Å². The van der Waals surface area contributed by atoms with E-state index in [0.29, 0.717) is 26.1 Å². The second kappa shape index (κ2) is 9.70. The van der Waals surface area contributed by atoms with E-state index in [1.165, 1.54) is 19.1 Å². The van der Waals surface area contributed by atoms with Crippen LogP contribution in [0.3, 0.4) is 0 Å². The van der Waals surface area contributed by atoms with Crippen LogP contribution in [0.2, 0.25) is 0 Å². The maximum Gasteiger partial charge on any atom is 0.221 e. The number of hydrogen-bond acceptors (Lipinski definition) is 2. The average molecular weight is 356 g/mol. The number of hydrogen-bond donors (Lipinski definition) is 1. The van der Waals surface area contributed by atoms with E-state index < -0.39 is 0 Å². The topological polar surface area (TPSA) is 49.4 Å². The number of nitrogens with zero attached hydrogens (tertiary/aromatic N) is 1. The third-order valence-electron chi connectivity index (χ3n) is 4.33. The van der Waals surface area contributed by atoms with E-state index in [1.807, 2.05) is 31.2 Å². The van der Waals surface area contributed by atoms with Crippen LogP contribution in [0.5, 0.6) is 0 Å². The van der Waals surface area contributed by atoms with Crippen LogP contribution < -0.4 is 5.32 Å². The van der Waals surface area contributed by atoms with Crippen molar-refractivity contribution in [2.24, 2.45) is 0 Å². The minimum absolute atomic E-state index is 0.0487. The van der Waals surface area contributed by atoms with Crippen LogP contribution in [-0.2, 0) is 22.6 Å². The minimum Gasteiger partial charge on any atom is -0.356 e. The lowest BCUT2D eigenvalue weighted by atomic mass is 10.1. The Kier molecular flexibility index (Phi) is 7.33. The Hall–Kier alpha value is -2.69. The maximum absolute atomic E-state index is 12.9. The number of carbonyl (C=O) groups excluding carboxylic acids is 2. The molecule has 0 radical (unpaired) electrons. The fourth-order valence-electron chi connectivity index (χ4n) is 2.66. The summed E-state index contributed by atoms with van der Waals surface area (Å²) in [5.74, 6) is -0.411. The molecule has 0 spiro atoms. The van der Waals surface area contributed by atoms with E-state index in [4.69, 9.17) is 0 Å². The summed E-state index contributed by atoms with van der Waals surface area (Å²) in [4.78, 5) is 25.6. The molecule has 2 rings (SSSR count). The maximum atomic E-state index is 12.9. The molecular formula is C21H25FN2O2. The zero-order chi connectivity index (χ0) is 18.9. The van der Waals surface area contributed by atoms with Crippen LogP contribution in [0.25, 0.3) is 0 Å². The SMILES string of the molecule is CC(=O)N(CCC(=O)NCCc1ccc(F)cc1)Cc1ccccc1C. The van der Waals surface area contributed by atoms with Gasteiger partial charge in [-0.2, -0.15) is 0 Å². The van der Waals surface area contributed by atoms with Gasteiger partial charge in [-0.1, -0.05) is 36.4 Å². The summed E-state index contributed by atoms with van der Waals surface area (Å²) in [5, 5.41) is 2.84. The van der Waals surface area contributed by atoms with Crippen molar-refractivity contribution in [3.8, 4) is 0 Å². The van der Waals surface area contributed by atoms with Gasteiger partial charge >= 0.3 is 0 Å². The normalized spacial score (nSPS) is 10.4. The van der Waals surface area contributed by atoms with Crippen molar-refractivity contribution < 1.29 is 14.0 Å². The summed E-state index contributed by atoms with van der Waals surface area (Å²) in [6.07, 6.45) is 0.903. The molecule has 4 nitrogen and oxygen atoms in total. The first kappa shape index (κ1) is 19.6. The van der Waals surface area contributed by atoms with Crippen LogP contribution in [0.1, 0.15) is 30.0 Å². The second-order valence-electron chi connectivity index (χ2n) is 6.34. The molecule has 0 aliphatic carbocycles. The van der Waals surface area contributed by atoms with Crippen LogP contribution in [0, 0.1) is 12.7 Å². The smallest absolute Gasteiger partial charge is 0.221 e. The van der Waals surface area contributed by atoms with E-state index in [-0.39, 0.29) is 24.1 Å². The summed E-state index contributed by atoms with van der Waals surface area (Å²) in [6, 6.07) is 14.2. The molecule has 5 heteroatoms. The fourth-order valence-corrected chi connectivity index (χ4v) is 2.66. The number of halogens is 1. The summed E-state index contributed by atoms with van der Waals surface area (Å²) >= 11 is 0. The molecule has 0 unspecified atom stereocenters. The molecule has 2 aromatic rings. The lowest BCUT2D eigenvalue weighted by Crippen LogP contribution is -2.34. The Bertz CT molecular complexity index is 744. The summed E-state index contributed by atoms with van der Waals surface area (Å²) < 4.78 is 12.9. The van der Waals surface area contributed by atoms with E-state index >= 15 is 0 Å². The van der Waals surface area contributed by atoms with Gasteiger partial charge in [0.25, 0.3) is 0 Å². The largest absolute Gasteiger partial charge is 0.356 e. The zero-order valence-corrected chi connectivity index (χ0v) is 15.3. The molecule has 0 bridgehead atoms. The van der Waals surface area contributed by atoms with E-state index in [9.17, 15) is 14.0 Å². The molecule has 0 saturated heterocycles. The molecule has 0 aliphatic heterocycles. The predicted octanol–water partition coefficient (Wildman–Crippen LogP) is 3.23. The monoisotopic (exact) mass is 356 g/mol. The quantitative estimate of drug-likeness (QED) is 0.789. The number of carbonyl (C=O) groups is 2. The highest BCUT2D eigenvalue weighted by molar-refractivity contribution is 5.78. The van der Waals surface area contributed by atoms with Gasteiger partial charge in [-0.15, -0.1) is 0 Å². The van der Waals surface area contributed by atoms with Crippen molar-refractivity contribution in [2.75, 3.05) is 13.1 Å². The molecule has 138 valence electrons. The molecule has 26 heavy (non-hydrogen) atoms. The Balaban J connectivity index is 1.77. The van der Waals surface area contributed by atoms with Crippen LogP contribution >= 0.6 is 0 Å². The number of benzene rings is 2. The molecule has 2 aromatic carbocycles. The van der Waals surface area contributed by atoms with Gasteiger partial charge in [0.05, 0.1) is 0 Å². The molecule has 1 N–H and O–H groups in total. The standard InChI is InChI=1S/C21H25FN2O2/c1-16-5-3-4-6-19(16)15-24(17(2)25)14-12-21(26)23-13-11-18-7-9-20(22)10-8-18/h3-10H,11-15H2,1-2H3,(H,23,26). The summed E-state index contributed by atoms with van der Waals surface area (Å²) in [6.45, 7) is 4.90. The number of amides is 2. The predicted molar refractivity (Wildman–Crippen MR) is 100 cm³/mol. The highest BCUT2D eigenvalue weighted by Gasteiger charge is 2.12. The highest BCUT2D eigenvalue weighted by atomic mass is 19.1. The number of aryl methyl sites for hydroxylation is 1. The lowest BCUT2D eigenvalue weighted by Gasteiger charge is -2.22. The van der Waals surface area contributed by atoms with Crippen molar-refractivity contribution in [3.05, 3.63) is 71.0 Å². The van der Waals surface area contributed by atoms with E-state index in [1.54, 1.807) is 17.0 Å². The van der Waals surface area contributed by atoms with Gasteiger partial charge in [-0.3, -0.25) is 9.59 Å². The first-order valence-electron chi connectivity index (χ1n) is 8.77. The minimum atomic E-state index is -0.268. The van der Waals surface area contributed by atoms with Gasteiger partial charge in [-0.25, -0.2) is 4.39 Å². The molecule has 0 aromatic heterocycles. The fraction of sp³-hybridized carbons (Fsp3) is 0.333. The van der Waals surface area contributed by atoms with Gasteiger partial charge in [0.15, 0.2) is 0 Å². The summed E-state index contributed by atoms with van der Waals surface area (Å²) in [5.41, 5.74) is 3.18. The van der Waals surface area contributed by atoms with Crippen LogP contribution in [0.15, 0.2) is 48.5 Å². The Morgan fingerprint density at radius 2 is 1.77 bits per heavy atom. The Morgan fingerprint density at radius 3 is 2.42 bits per heavy atom. The van der Waals surface area contributed by atoms with Crippen molar-refractivity contribution in [2.45, 2.75) is 33.2 Å². The lowest BCUT2D eigenvalue weighted by molar-refractivity contribution is -0.130. The van der Waals surface area contributed by atoms with Crippen molar-refractivity contribution in [3.63, 3.8) is 0 Å². The molecule has 2 amide bonds.